The lowest BCUT2D eigenvalue weighted by atomic mass is 9.86. The number of benzene rings is 1. The highest BCUT2D eigenvalue weighted by Crippen LogP contribution is 2.42. The fourth-order valence-corrected chi connectivity index (χ4v) is 5.74. The number of carbonyl (C=O) groups excluding carboxylic acids is 1. The van der Waals surface area contributed by atoms with Crippen LogP contribution in [0.1, 0.15) is 52.0 Å². The summed E-state index contributed by atoms with van der Waals surface area (Å²) in [5.74, 6) is -0.00328. The Balaban J connectivity index is 2.05. The van der Waals surface area contributed by atoms with Gasteiger partial charge >= 0.3 is 0 Å². The highest BCUT2D eigenvalue weighted by molar-refractivity contribution is 7.89. The van der Waals surface area contributed by atoms with Gasteiger partial charge in [-0.05, 0) is 56.9 Å². The van der Waals surface area contributed by atoms with Crippen LogP contribution in [0, 0.1) is 0 Å². The van der Waals surface area contributed by atoms with Crippen molar-refractivity contribution in [3.05, 3.63) is 23.8 Å². The largest absolute Gasteiger partial charge is 0.314 e. The lowest BCUT2D eigenvalue weighted by molar-refractivity contribution is -0.121. The summed E-state index contributed by atoms with van der Waals surface area (Å²) in [6.07, 6.45) is 3.75. The molecule has 1 atom stereocenters. The fourth-order valence-electron chi connectivity index (χ4n) is 3.95. The fraction of sp³-hybridized carbons (Fsp3) is 0.611. The van der Waals surface area contributed by atoms with E-state index in [-0.39, 0.29) is 11.9 Å². The standard InChI is InChI=1S/C18H26N2O3S/c1-5-13-8-6-7-11-20(13)24(22,23)14-9-10-16-15(12-14)18(2,3)17(21)19(16)4/h9-10,12-13H,5-8,11H2,1-4H3. The maximum Gasteiger partial charge on any atom is 0.243 e. The molecule has 6 heteroatoms. The molecule has 1 aromatic carbocycles. The van der Waals surface area contributed by atoms with E-state index in [1.807, 2.05) is 20.8 Å². The molecule has 0 radical (unpaired) electrons. The summed E-state index contributed by atoms with van der Waals surface area (Å²) in [6.45, 7) is 6.33. The van der Waals surface area contributed by atoms with Crippen molar-refractivity contribution in [1.29, 1.82) is 0 Å². The van der Waals surface area contributed by atoms with Gasteiger partial charge < -0.3 is 4.90 Å². The molecular formula is C18H26N2O3S. The molecule has 3 rings (SSSR count). The third kappa shape index (κ3) is 2.47. The third-order valence-corrected chi connectivity index (χ3v) is 7.44. The predicted octanol–water partition coefficient (Wildman–Crippen LogP) is 2.89. The zero-order chi connectivity index (χ0) is 17.7. The summed E-state index contributed by atoms with van der Waals surface area (Å²) < 4.78 is 28.0. The zero-order valence-corrected chi connectivity index (χ0v) is 15.7. The number of nitrogens with zero attached hydrogens (tertiary/aromatic N) is 2. The lowest BCUT2D eigenvalue weighted by Crippen LogP contribution is -2.43. The van der Waals surface area contributed by atoms with Gasteiger partial charge in [-0.3, -0.25) is 4.79 Å². The Bertz CT molecular complexity index is 770. The highest BCUT2D eigenvalue weighted by atomic mass is 32.2. The van der Waals surface area contributed by atoms with Crippen molar-refractivity contribution in [3.63, 3.8) is 0 Å². The second-order valence-electron chi connectivity index (χ2n) is 7.34. The minimum Gasteiger partial charge on any atom is -0.314 e. The van der Waals surface area contributed by atoms with Crippen LogP contribution >= 0.6 is 0 Å². The number of hydrogen-bond donors (Lipinski definition) is 0. The highest BCUT2D eigenvalue weighted by Gasteiger charge is 2.43. The van der Waals surface area contributed by atoms with Crippen molar-refractivity contribution in [2.24, 2.45) is 0 Å². The molecule has 24 heavy (non-hydrogen) atoms. The van der Waals surface area contributed by atoms with Crippen LogP contribution in [0.25, 0.3) is 0 Å². The molecule has 2 aliphatic rings. The monoisotopic (exact) mass is 350 g/mol. The minimum atomic E-state index is -3.53. The maximum absolute atomic E-state index is 13.2. The van der Waals surface area contributed by atoms with Gasteiger partial charge in [0.05, 0.1) is 10.3 Å². The number of anilines is 1. The summed E-state index contributed by atoms with van der Waals surface area (Å²) in [4.78, 5) is 14.3. The molecule has 1 amide bonds. The average Bonchev–Trinajstić information content (AvgIpc) is 2.75. The van der Waals surface area contributed by atoms with Crippen LogP contribution in [-0.2, 0) is 20.2 Å². The van der Waals surface area contributed by atoms with Crippen molar-refractivity contribution in [2.75, 3.05) is 18.5 Å². The summed E-state index contributed by atoms with van der Waals surface area (Å²) in [6, 6.07) is 5.18. The van der Waals surface area contributed by atoms with Crippen molar-refractivity contribution >= 4 is 21.6 Å². The number of likely N-dealkylation sites (N-methyl/N-ethyl adjacent to an activating group) is 1. The second kappa shape index (κ2) is 5.85. The van der Waals surface area contributed by atoms with Gasteiger partial charge in [0.25, 0.3) is 0 Å². The first kappa shape index (κ1) is 17.4. The van der Waals surface area contributed by atoms with E-state index in [2.05, 4.69) is 0 Å². The molecule has 1 fully saturated rings. The molecule has 132 valence electrons. The molecule has 0 aliphatic carbocycles. The summed E-state index contributed by atoms with van der Waals surface area (Å²) in [5, 5.41) is 0. The quantitative estimate of drug-likeness (QED) is 0.842. The van der Waals surface area contributed by atoms with Crippen LogP contribution in [0.5, 0.6) is 0 Å². The first-order valence-electron chi connectivity index (χ1n) is 8.65. The van der Waals surface area contributed by atoms with Crippen molar-refractivity contribution in [2.45, 2.75) is 62.8 Å². The zero-order valence-electron chi connectivity index (χ0n) is 14.9. The summed E-state index contributed by atoms with van der Waals surface area (Å²) in [7, 11) is -1.79. The number of sulfonamides is 1. The molecule has 1 unspecified atom stereocenters. The summed E-state index contributed by atoms with van der Waals surface area (Å²) in [5.41, 5.74) is 0.901. The van der Waals surface area contributed by atoms with Crippen LogP contribution in [0.2, 0.25) is 0 Å². The molecule has 0 bridgehead atoms. The van der Waals surface area contributed by atoms with Crippen molar-refractivity contribution in [1.82, 2.24) is 4.31 Å². The molecular weight excluding hydrogens is 324 g/mol. The molecule has 1 saturated heterocycles. The number of piperidine rings is 1. The molecule has 1 aromatic rings. The second-order valence-corrected chi connectivity index (χ2v) is 9.23. The van der Waals surface area contributed by atoms with Gasteiger partial charge in [-0.25, -0.2) is 8.42 Å². The molecule has 2 aliphatic heterocycles. The molecule has 0 N–H and O–H groups in total. The van der Waals surface area contributed by atoms with E-state index in [1.165, 1.54) is 0 Å². The van der Waals surface area contributed by atoms with E-state index in [0.717, 1.165) is 36.9 Å². The lowest BCUT2D eigenvalue weighted by Gasteiger charge is -2.34. The summed E-state index contributed by atoms with van der Waals surface area (Å²) >= 11 is 0. The Morgan fingerprint density at radius 1 is 1.25 bits per heavy atom. The first-order valence-corrected chi connectivity index (χ1v) is 10.1. The number of amides is 1. The van der Waals surface area contributed by atoms with Gasteiger partial charge in [-0.2, -0.15) is 4.31 Å². The predicted molar refractivity (Wildman–Crippen MR) is 94.7 cm³/mol. The van der Waals surface area contributed by atoms with Crippen LogP contribution in [-0.4, -0.2) is 38.3 Å². The Kier molecular flexibility index (Phi) is 4.24. The number of carbonyl (C=O) groups is 1. The van der Waals surface area contributed by atoms with Crippen LogP contribution in [0.3, 0.4) is 0 Å². The first-order chi connectivity index (χ1) is 11.2. The van der Waals surface area contributed by atoms with E-state index in [0.29, 0.717) is 11.4 Å². The minimum absolute atomic E-state index is 0.00328. The maximum atomic E-state index is 13.2. The van der Waals surface area contributed by atoms with Gasteiger partial charge in [0, 0.05) is 25.3 Å². The van der Waals surface area contributed by atoms with Gasteiger partial charge in [0.1, 0.15) is 0 Å². The van der Waals surface area contributed by atoms with Crippen LogP contribution in [0.4, 0.5) is 5.69 Å². The molecule has 0 aromatic heterocycles. The Morgan fingerprint density at radius 3 is 2.62 bits per heavy atom. The van der Waals surface area contributed by atoms with E-state index >= 15 is 0 Å². The molecule has 0 saturated carbocycles. The molecule has 0 spiro atoms. The van der Waals surface area contributed by atoms with Gasteiger partial charge in [-0.1, -0.05) is 13.3 Å². The van der Waals surface area contributed by atoms with Crippen LogP contribution in [0.15, 0.2) is 23.1 Å². The number of hydrogen-bond acceptors (Lipinski definition) is 3. The van der Waals surface area contributed by atoms with E-state index < -0.39 is 15.4 Å². The number of rotatable bonds is 3. The van der Waals surface area contributed by atoms with Crippen molar-refractivity contribution in [3.8, 4) is 0 Å². The SMILES string of the molecule is CCC1CCCCN1S(=O)(=O)c1ccc2c(c1)C(C)(C)C(=O)N2C. The topological polar surface area (TPSA) is 57.7 Å². The third-order valence-electron chi connectivity index (χ3n) is 5.49. The van der Waals surface area contributed by atoms with E-state index in [9.17, 15) is 13.2 Å². The number of fused-ring (bicyclic) bond motifs is 1. The molecule has 5 nitrogen and oxygen atoms in total. The Labute approximate surface area is 144 Å². The smallest absolute Gasteiger partial charge is 0.243 e. The van der Waals surface area contributed by atoms with Gasteiger partial charge in [0.15, 0.2) is 0 Å². The van der Waals surface area contributed by atoms with Gasteiger partial charge in [-0.15, -0.1) is 0 Å². The Hall–Kier alpha value is -1.40. The van der Waals surface area contributed by atoms with Gasteiger partial charge in [0.2, 0.25) is 15.9 Å². The van der Waals surface area contributed by atoms with Crippen molar-refractivity contribution < 1.29 is 13.2 Å². The Morgan fingerprint density at radius 2 is 1.96 bits per heavy atom. The average molecular weight is 350 g/mol. The normalized spacial score (nSPS) is 24.2. The van der Waals surface area contributed by atoms with Crippen LogP contribution < -0.4 is 4.90 Å². The van der Waals surface area contributed by atoms with E-state index in [4.69, 9.17) is 0 Å². The molecule has 2 heterocycles. The van der Waals surface area contributed by atoms with E-state index in [1.54, 1.807) is 34.5 Å².